The summed E-state index contributed by atoms with van der Waals surface area (Å²) >= 11 is 0. The van der Waals surface area contributed by atoms with E-state index in [1.54, 1.807) is 25.3 Å². The third-order valence-corrected chi connectivity index (χ3v) is 8.41. The van der Waals surface area contributed by atoms with Crippen LogP contribution in [0, 0.1) is 5.82 Å². The molecular weight excluding hydrogens is 641 g/mol. The maximum absolute atomic E-state index is 14.4. The highest BCUT2D eigenvalue weighted by atomic mass is 19.1. The van der Waals surface area contributed by atoms with E-state index in [9.17, 15) is 24.2 Å². The van der Waals surface area contributed by atoms with E-state index in [2.05, 4.69) is 10.5 Å². The minimum atomic E-state index is -1.21. The average Bonchev–Trinajstić information content (AvgIpc) is 3.70. The highest BCUT2D eigenvalue weighted by molar-refractivity contribution is 6.05. The number of rotatable bonds is 16. The molecular formula is C39H42FN3O7. The van der Waals surface area contributed by atoms with Gasteiger partial charge in [0.2, 0.25) is 0 Å². The summed E-state index contributed by atoms with van der Waals surface area (Å²) in [6.45, 7) is 4.45. The molecule has 5 rings (SSSR count). The molecule has 0 radical (unpaired) electrons. The number of aliphatic hydroxyl groups is 2. The Morgan fingerprint density at radius 1 is 0.920 bits per heavy atom. The average molecular weight is 684 g/mol. The Hall–Kier alpha value is -5.10. The Bertz CT molecular complexity index is 1900. The van der Waals surface area contributed by atoms with Gasteiger partial charge in [0.25, 0.3) is 5.91 Å². The predicted molar refractivity (Wildman–Crippen MR) is 187 cm³/mol. The number of ether oxygens (including phenoxy) is 1. The number of aliphatic hydroxyl groups excluding tert-OH is 2. The lowest BCUT2D eigenvalue weighted by Gasteiger charge is -2.20. The lowest BCUT2D eigenvalue weighted by molar-refractivity contribution is -0.139. The number of carbonyl (C=O) groups excluding carboxylic acids is 1. The van der Waals surface area contributed by atoms with Crippen molar-refractivity contribution in [3.63, 3.8) is 0 Å². The molecule has 3 aromatic carbocycles. The molecule has 2 heterocycles. The van der Waals surface area contributed by atoms with Crippen molar-refractivity contribution in [3.05, 3.63) is 113 Å². The smallest absolute Gasteiger partial charge is 0.305 e. The third kappa shape index (κ3) is 8.73. The second-order valence-electron chi connectivity index (χ2n) is 12.6. The van der Waals surface area contributed by atoms with Crippen LogP contribution >= 0.6 is 0 Å². The molecule has 4 N–H and O–H groups in total. The third-order valence-electron chi connectivity index (χ3n) is 8.41. The van der Waals surface area contributed by atoms with E-state index in [0.29, 0.717) is 40.4 Å². The van der Waals surface area contributed by atoms with Gasteiger partial charge in [-0.2, -0.15) is 0 Å². The highest BCUT2D eigenvalue weighted by Gasteiger charge is 2.30. The zero-order valence-electron chi connectivity index (χ0n) is 28.3. The molecule has 0 spiro atoms. The van der Waals surface area contributed by atoms with Crippen molar-refractivity contribution in [1.29, 1.82) is 0 Å². The summed E-state index contributed by atoms with van der Waals surface area (Å²) in [4.78, 5) is 25.4. The molecule has 11 heteroatoms. The molecule has 0 fully saturated rings. The maximum atomic E-state index is 14.4. The number of carbonyl (C=O) groups is 2. The lowest BCUT2D eigenvalue weighted by atomic mass is 9.92. The van der Waals surface area contributed by atoms with E-state index in [0.717, 1.165) is 22.4 Å². The molecule has 0 saturated heterocycles. The highest BCUT2D eigenvalue weighted by Crippen LogP contribution is 2.42. The summed E-state index contributed by atoms with van der Waals surface area (Å²) in [6.07, 6.45) is -2.33. The van der Waals surface area contributed by atoms with Crippen molar-refractivity contribution in [1.82, 2.24) is 15.0 Å². The van der Waals surface area contributed by atoms with Gasteiger partial charge in [-0.25, -0.2) is 4.39 Å². The van der Waals surface area contributed by atoms with Crippen LogP contribution in [0.1, 0.15) is 66.6 Å². The lowest BCUT2D eigenvalue weighted by Crippen LogP contribution is -2.27. The Morgan fingerprint density at radius 2 is 1.62 bits per heavy atom. The fourth-order valence-electron chi connectivity index (χ4n) is 6.28. The Morgan fingerprint density at radius 3 is 2.30 bits per heavy atom. The zero-order chi connectivity index (χ0) is 35.8. The fraction of sp³-hybridized carbons (Fsp3) is 0.308. The van der Waals surface area contributed by atoms with E-state index in [1.807, 2.05) is 73.0 Å². The molecule has 5 aromatic rings. The van der Waals surface area contributed by atoms with Gasteiger partial charge >= 0.3 is 5.97 Å². The first-order valence-corrected chi connectivity index (χ1v) is 16.5. The van der Waals surface area contributed by atoms with Crippen molar-refractivity contribution in [3.8, 4) is 33.6 Å². The Labute approximate surface area is 290 Å². The molecule has 2 unspecified atom stereocenters. The normalized spacial score (nSPS) is 12.6. The van der Waals surface area contributed by atoms with Crippen molar-refractivity contribution < 1.29 is 38.6 Å². The second kappa shape index (κ2) is 16.5. The maximum Gasteiger partial charge on any atom is 0.305 e. The number of amides is 1. The van der Waals surface area contributed by atoms with Crippen LogP contribution in [0.15, 0.2) is 89.5 Å². The van der Waals surface area contributed by atoms with Gasteiger partial charge in [0, 0.05) is 41.6 Å². The molecule has 0 aliphatic rings. The van der Waals surface area contributed by atoms with E-state index < -0.39 is 30.4 Å². The summed E-state index contributed by atoms with van der Waals surface area (Å²) in [6, 6.07) is 24.8. The first-order valence-electron chi connectivity index (χ1n) is 16.5. The number of halogens is 1. The topological polar surface area (TPSA) is 147 Å². The molecule has 0 saturated carbocycles. The number of hydrogen-bond acceptors (Lipinski definition) is 7. The number of carboxylic acids is 1. The van der Waals surface area contributed by atoms with Crippen LogP contribution in [-0.2, 0) is 29.1 Å². The number of methoxy groups -OCH3 is 1. The van der Waals surface area contributed by atoms with Gasteiger partial charge in [-0.15, -0.1) is 0 Å². The largest absolute Gasteiger partial charge is 0.481 e. The SMILES string of the molecule is COCc1cccc(-c2cc(CNC(=O)c3c(-c4ccccc4)c(-c4ccc(F)cc4)c(CCC(O)CC(O)CC(=O)O)n3C(C)C)no2)c1. The summed E-state index contributed by atoms with van der Waals surface area (Å²) in [5.74, 6) is -1.37. The van der Waals surface area contributed by atoms with Crippen LogP contribution in [0.2, 0.25) is 0 Å². The van der Waals surface area contributed by atoms with Gasteiger partial charge < -0.3 is 34.5 Å². The molecule has 50 heavy (non-hydrogen) atoms. The molecule has 2 atom stereocenters. The molecule has 0 aliphatic carbocycles. The number of carboxylic acid groups (broad SMARTS) is 1. The number of aliphatic carboxylic acids is 1. The molecule has 0 bridgehead atoms. The van der Waals surface area contributed by atoms with Crippen molar-refractivity contribution in [2.45, 2.75) is 70.9 Å². The molecule has 2 aromatic heterocycles. The second-order valence-corrected chi connectivity index (χ2v) is 12.6. The van der Waals surface area contributed by atoms with Crippen LogP contribution in [0.4, 0.5) is 4.39 Å². The van der Waals surface area contributed by atoms with Crippen LogP contribution < -0.4 is 5.32 Å². The summed E-state index contributed by atoms with van der Waals surface area (Å²) < 4.78 is 27.0. The number of nitrogens with one attached hydrogen (secondary N) is 1. The number of hydrogen-bond donors (Lipinski definition) is 4. The summed E-state index contributed by atoms with van der Waals surface area (Å²) in [5, 5.41) is 37.3. The summed E-state index contributed by atoms with van der Waals surface area (Å²) in [7, 11) is 1.63. The van der Waals surface area contributed by atoms with Crippen molar-refractivity contribution in [2.75, 3.05) is 7.11 Å². The Balaban J connectivity index is 1.54. The number of nitrogens with zero attached hydrogens (tertiary/aromatic N) is 2. The van der Waals surface area contributed by atoms with E-state index in [1.165, 1.54) is 12.1 Å². The molecule has 0 aliphatic heterocycles. The summed E-state index contributed by atoms with van der Waals surface area (Å²) in [5.41, 5.74) is 6.28. The van der Waals surface area contributed by atoms with Gasteiger partial charge in [-0.05, 0) is 68.0 Å². The van der Waals surface area contributed by atoms with Gasteiger partial charge in [0.05, 0.1) is 31.8 Å². The minimum Gasteiger partial charge on any atom is -0.481 e. The van der Waals surface area contributed by atoms with Crippen LogP contribution in [-0.4, -0.2) is 56.2 Å². The van der Waals surface area contributed by atoms with E-state index in [-0.39, 0.29) is 37.8 Å². The van der Waals surface area contributed by atoms with Crippen molar-refractivity contribution in [2.24, 2.45) is 0 Å². The van der Waals surface area contributed by atoms with Gasteiger partial charge in [-0.3, -0.25) is 9.59 Å². The van der Waals surface area contributed by atoms with Gasteiger partial charge in [-0.1, -0.05) is 65.8 Å². The standard InChI is InChI=1S/C39H42FN3O7/c1-24(2)43-33(17-16-31(44)20-32(45)21-35(46)47)36(27-12-14-29(40)15-13-27)37(26-9-5-4-6-10-26)38(43)39(48)41-22-30-19-34(50-42-30)28-11-7-8-25(18-28)23-49-3/h4-15,18-19,24,31-32,44-45H,16-17,20-23H2,1-3H3,(H,41,48)(H,46,47). The predicted octanol–water partition coefficient (Wildman–Crippen LogP) is 6.79. The van der Waals surface area contributed by atoms with Gasteiger partial charge in [0.1, 0.15) is 17.2 Å². The first kappa shape index (κ1) is 36.2. The monoisotopic (exact) mass is 683 g/mol. The van der Waals surface area contributed by atoms with Crippen LogP contribution in [0.5, 0.6) is 0 Å². The van der Waals surface area contributed by atoms with Crippen molar-refractivity contribution >= 4 is 11.9 Å². The van der Waals surface area contributed by atoms with Crippen LogP contribution in [0.25, 0.3) is 33.6 Å². The van der Waals surface area contributed by atoms with Gasteiger partial charge in [0.15, 0.2) is 5.76 Å². The quantitative estimate of drug-likeness (QED) is 0.0889. The Kier molecular flexibility index (Phi) is 12.0. The fourth-order valence-corrected chi connectivity index (χ4v) is 6.28. The molecule has 262 valence electrons. The zero-order valence-corrected chi connectivity index (χ0v) is 28.3. The minimum absolute atomic E-state index is 0.0823. The number of aromatic nitrogens is 2. The number of benzene rings is 3. The van der Waals surface area contributed by atoms with Crippen LogP contribution in [0.3, 0.4) is 0 Å². The molecule has 1 amide bonds. The van der Waals surface area contributed by atoms with E-state index in [4.69, 9.17) is 14.4 Å². The first-order chi connectivity index (χ1) is 24.0. The van der Waals surface area contributed by atoms with E-state index >= 15 is 0 Å². The molecule has 10 nitrogen and oxygen atoms in total.